The highest BCUT2D eigenvalue weighted by molar-refractivity contribution is 5.89. The van der Waals surface area contributed by atoms with Gasteiger partial charge in [-0.05, 0) is 67.5 Å². The van der Waals surface area contributed by atoms with Gasteiger partial charge in [0.15, 0.2) is 0 Å². The van der Waals surface area contributed by atoms with Gasteiger partial charge in [-0.2, -0.15) is 0 Å². The van der Waals surface area contributed by atoms with Crippen molar-refractivity contribution in [3.8, 4) is 16.9 Å². The van der Waals surface area contributed by atoms with Crippen LogP contribution in [0.15, 0.2) is 41.2 Å². The molecule has 0 fully saturated rings. The van der Waals surface area contributed by atoms with Gasteiger partial charge in [0.05, 0.1) is 11.4 Å². The third kappa shape index (κ3) is 4.47. The van der Waals surface area contributed by atoms with Crippen molar-refractivity contribution in [2.45, 2.75) is 52.4 Å². The highest BCUT2D eigenvalue weighted by Crippen LogP contribution is 2.37. The summed E-state index contributed by atoms with van der Waals surface area (Å²) in [5.74, 6) is -2.06. The lowest BCUT2D eigenvalue weighted by Gasteiger charge is -2.18. The fourth-order valence-corrected chi connectivity index (χ4v) is 4.63. The number of carbonyl (C=O) groups is 1. The van der Waals surface area contributed by atoms with E-state index in [4.69, 9.17) is 0 Å². The number of halogens is 3. The maximum absolute atomic E-state index is 13.1. The number of hydrogen-bond acceptors (Lipinski definition) is 3. The molecule has 2 aromatic carbocycles. The van der Waals surface area contributed by atoms with Crippen molar-refractivity contribution in [3.05, 3.63) is 63.4 Å². The van der Waals surface area contributed by atoms with Crippen LogP contribution in [0.1, 0.15) is 37.0 Å². The summed E-state index contributed by atoms with van der Waals surface area (Å²) < 4.78 is 45.2. The van der Waals surface area contributed by atoms with E-state index in [1.54, 1.807) is 23.6 Å². The average molecular weight is 459 g/mol. The minimum Gasteiger partial charge on any atom is -0.481 e. The van der Waals surface area contributed by atoms with Crippen LogP contribution in [-0.4, -0.2) is 22.0 Å². The number of benzene rings is 2. The van der Waals surface area contributed by atoms with Gasteiger partial charge in [-0.15, -0.1) is 13.2 Å². The maximum atomic E-state index is 13.1. The van der Waals surface area contributed by atoms with Crippen LogP contribution in [0.4, 0.5) is 13.2 Å². The molecule has 0 amide bonds. The number of rotatable bonds is 6. The molecule has 5 nitrogen and oxygen atoms in total. The molecular weight excluding hydrogens is 435 g/mol. The minimum absolute atomic E-state index is 0.0505. The summed E-state index contributed by atoms with van der Waals surface area (Å²) in [6.45, 7) is 3.84. The normalized spacial score (nSPS) is 14.3. The predicted octanol–water partition coefficient (Wildman–Crippen LogP) is 5.34. The summed E-state index contributed by atoms with van der Waals surface area (Å²) in [5.41, 5.74) is 3.70. The fourth-order valence-electron chi connectivity index (χ4n) is 4.63. The van der Waals surface area contributed by atoms with E-state index in [1.807, 2.05) is 13.0 Å². The Bertz CT molecular complexity index is 1290. The third-order valence-corrected chi connectivity index (χ3v) is 6.20. The molecule has 0 saturated carbocycles. The summed E-state index contributed by atoms with van der Waals surface area (Å²) in [4.78, 5) is 24.2. The molecule has 1 aromatic heterocycles. The molecule has 3 aromatic rings. The zero-order chi connectivity index (χ0) is 23.9. The molecule has 0 unspecified atom stereocenters. The summed E-state index contributed by atoms with van der Waals surface area (Å²) in [5, 5.41) is 10.1. The van der Waals surface area contributed by atoms with Crippen LogP contribution in [0, 0.1) is 5.92 Å². The monoisotopic (exact) mass is 459 g/mol. The van der Waals surface area contributed by atoms with Crippen LogP contribution in [0.3, 0.4) is 0 Å². The van der Waals surface area contributed by atoms with Crippen molar-refractivity contribution in [3.63, 3.8) is 0 Å². The van der Waals surface area contributed by atoms with Crippen LogP contribution in [0.2, 0.25) is 0 Å². The van der Waals surface area contributed by atoms with Crippen LogP contribution < -0.4 is 10.3 Å². The lowest BCUT2D eigenvalue weighted by Crippen LogP contribution is -2.23. The predicted molar refractivity (Wildman–Crippen MR) is 119 cm³/mol. The molecule has 33 heavy (non-hydrogen) atoms. The van der Waals surface area contributed by atoms with Crippen molar-refractivity contribution in [1.82, 2.24) is 4.57 Å². The SMILES string of the molecule is CCn1c(=O)c2c(c3ccc(-c4cc(C[C@H](C)C(=O)O)ccc4OC(F)(F)F)cc31)CCC2. The van der Waals surface area contributed by atoms with Crippen molar-refractivity contribution >= 4 is 16.9 Å². The molecular formula is C25H24F3NO4. The van der Waals surface area contributed by atoms with Gasteiger partial charge in [-0.3, -0.25) is 9.59 Å². The molecule has 0 spiro atoms. The number of hydrogen-bond donors (Lipinski definition) is 1. The van der Waals surface area contributed by atoms with Gasteiger partial charge in [0.25, 0.3) is 5.56 Å². The number of aromatic nitrogens is 1. The molecule has 0 radical (unpaired) electrons. The van der Waals surface area contributed by atoms with E-state index in [1.165, 1.54) is 18.2 Å². The molecule has 0 bridgehead atoms. The third-order valence-electron chi connectivity index (χ3n) is 6.20. The lowest BCUT2D eigenvalue weighted by molar-refractivity contribution is -0.274. The first kappa shape index (κ1) is 22.9. The number of aliphatic carboxylic acids is 1. The summed E-state index contributed by atoms with van der Waals surface area (Å²) in [7, 11) is 0. The van der Waals surface area contributed by atoms with Crippen molar-refractivity contribution < 1.29 is 27.8 Å². The highest BCUT2D eigenvalue weighted by atomic mass is 19.4. The Labute approximate surface area is 188 Å². The van der Waals surface area contributed by atoms with Crippen molar-refractivity contribution in [1.29, 1.82) is 0 Å². The lowest BCUT2D eigenvalue weighted by atomic mass is 9.95. The molecule has 1 atom stereocenters. The summed E-state index contributed by atoms with van der Waals surface area (Å²) in [6.07, 6.45) is -2.28. The molecule has 1 N–H and O–H groups in total. The van der Waals surface area contributed by atoms with Crippen molar-refractivity contribution in [2.24, 2.45) is 5.92 Å². The topological polar surface area (TPSA) is 68.5 Å². The van der Waals surface area contributed by atoms with Crippen LogP contribution in [-0.2, 0) is 30.6 Å². The number of nitrogens with zero attached hydrogens (tertiary/aromatic N) is 1. The van der Waals surface area contributed by atoms with Gasteiger partial charge in [-0.1, -0.05) is 25.1 Å². The van der Waals surface area contributed by atoms with E-state index < -0.39 is 18.2 Å². The van der Waals surface area contributed by atoms with Crippen LogP contribution in [0.25, 0.3) is 22.0 Å². The second-order valence-electron chi connectivity index (χ2n) is 8.41. The van der Waals surface area contributed by atoms with Crippen LogP contribution >= 0.6 is 0 Å². The van der Waals surface area contributed by atoms with Crippen LogP contribution in [0.5, 0.6) is 5.75 Å². The summed E-state index contributed by atoms with van der Waals surface area (Å²) >= 11 is 0. The number of aryl methyl sites for hydroxylation is 2. The number of carboxylic acids is 1. The molecule has 174 valence electrons. The van der Waals surface area contributed by atoms with E-state index in [2.05, 4.69) is 4.74 Å². The Morgan fingerprint density at radius 3 is 2.55 bits per heavy atom. The first-order chi connectivity index (χ1) is 15.6. The standard InChI is InChI=1S/C25H24F3NO4/c1-3-29-21-13-16(8-9-18(21)17-5-4-6-19(17)23(29)30)20-12-15(11-14(2)24(31)32)7-10-22(20)33-25(26,27)28/h7-10,12-14H,3-6,11H2,1-2H3,(H,31,32)/t14-/m0/s1. The smallest absolute Gasteiger partial charge is 0.481 e. The van der Waals surface area contributed by atoms with Crippen molar-refractivity contribution in [2.75, 3.05) is 0 Å². The number of pyridine rings is 1. The van der Waals surface area contributed by atoms with E-state index in [-0.39, 0.29) is 23.3 Å². The molecule has 4 rings (SSSR count). The van der Waals surface area contributed by atoms with Gasteiger partial charge in [0.1, 0.15) is 5.75 Å². The van der Waals surface area contributed by atoms with Gasteiger partial charge in [0, 0.05) is 23.1 Å². The second-order valence-corrected chi connectivity index (χ2v) is 8.41. The largest absolute Gasteiger partial charge is 0.573 e. The zero-order valence-electron chi connectivity index (χ0n) is 18.3. The molecule has 0 aliphatic heterocycles. The number of ether oxygens (including phenoxy) is 1. The zero-order valence-corrected chi connectivity index (χ0v) is 18.3. The van der Waals surface area contributed by atoms with Gasteiger partial charge < -0.3 is 14.4 Å². The average Bonchev–Trinajstić information content (AvgIpc) is 3.24. The molecule has 0 saturated heterocycles. The molecule has 1 aliphatic rings. The van der Waals surface area contributed by atoms with E-state index in [9.17, 15) is 27.9 Å². The fraction of sp³-hybridized carbons (Fsp3) is 0.360. The van der Waals surface area contributed by atoms with Gasteiger partial charge in [-0.25, -0.2) is 0 Å². The maximum Gasteiger partial charge on any atom is 0.573 e. The van der Waals surface area contributed by atoms with Gasteiger partial charge in [0.2, 0.25) is 0 Å². The number of carboxylic acid groups (broad SMARTS) is 1. The molecule has 8 heteroatoms. The summed E-state index contributed by atoms with van der Waals surface area (Å²) in [6, 6.07) is 9.50. The first-order valence-corrected chi connectivity index (χ1v) is 10.9. The number of alkyl halides is 3. The highest BCUT2D eigenvalue weighted by Gasteiger charge is 2.32. The van der Waals surface area contributed by atoms with Gasteiger partial charge >= 0.3 is 12.3 Å². The Balaban J connectivity index is 1.90. The minimum atomic E-state index is -4.88. The quantitative estimate of drug-likeness (QED) is 0.540. The van der Waals surface area contributed by atoms with E-state index >= 15 is 0 Å². The van der Waals surface area contributed by atoms with E-state index in [0.29, 0.717) is 23.2 Å². The molecule has 1 aliphatic carbocycles. The molecule has 1 heterocycles. The Hall–Kier alpha value is -3.29. The Morgan fingerprint density at radius 1 is 1.15 bits per heavy atom. The first-order valence-electron chi connectivity index (χ1n) is 10.9. The Morgan fingerprint density at radius 2 is 1.88 bits per heavy atom. The Kier molecular flexibility index (Phi) is 5.95. The number of fused-ring (bicyclic) bond motifs is 3. The second kappa shape index (κ2) is 8.57. The van der Waals surface area contributed by atoms with E-state index in [0.717, 1.165) is 35.8 Å².